The molecule has 0 aromatic heterocycles. The third-order valence-electron chi connectivity index (χ3n) is 5.25. The van der Waals surface area contributed by atoms with Crippen LogP contribution in [0.2, 0.25) is 0 Å². The fourth-order valence-electron chi connectivity index (χ4n) is 3.91. The number of aryl methyl sites for hydroxylation is 1. The molecule has 0 saturated heterocycles. The van der Waals surface area contributed by atoms with Crippen LogP contribution in [0.25, 0.3) is 0 Å². The molecule has 2 N–H and O–H groups in total. The van der Waals surface area contributed by atoms with Gasteiger partial charge in [0, 0.05) is 27.1 Å². The molecule has 3 aromatic carbocycles. The van der Waals surface area contributed by atoms with Crippen LogP contribution in [0.5, 0.6) is 0 Å². The Hall–Kier alpha value is -3.12. The molecular formula is C22H16BrN3O2. The van der Waals surface area contributed by atoms with Gasteiger partial charge in [-0.05, 0) is 49.4 Å². The molecule has 28 heavy (non-hydrogen) atoms. The maximum atomic E-state index is 13.6. The van der Waals surface area contributed by atoms with Crippen molar-refractivity contribution >= 4 is 44.8 Å². The molecule has 2 aliphatic heterocycles. The summed E-state index contributed by atoms with van der Waals surface area (Å²) >= 11 is 3.50. The predicted molar refractivity (Wildman–Crippen MR) is 113 cm³/mol. The van der Waals surface area contributed by atoms with Crippen molar-refractivity contribution in [3.63, 3.8) is 0 Å². The molecule has 6 heteroatoms. The van der Waals surface area contributed by atoms with Gasteiger partial charge in [0.05, 0.1) is 5.56 Å². The summed E-state index contributed by atoms with van der Waals surface area (Å²) in [4.78, 5) is 28.5. The highest BCUT2D eigenvalue weighted by molar-refractivity contribution is 9.10. The van der Waals surface area contributed by atoms with Crippen LogP contribution in [0.3, 0.4) is 0 Å². The van der Waals surface area contributed by atoms with E-state index in [9.17, 15) is 9.59 Å². The highest BCUT2D eigenvalue weighted by Crippen LogP contribution is 2.47. The van der Waals surface area contributed by atoms with Gasteiger partial charge in [-0.25, -0.2) is 0 Å². The van der Waals surface area contributed by atoms with E-state index in [2.05, 4.69) is 26.6 Å². The number of amides is 2. The number of carbonyl (C=O) groups is 2. The second-order valence-electron chi connectivity index (χ2n) is 7.00. The number of fused-ring (bicyclic) bond motifs is 3. The first kappa shape index (κ1) is 17.0. The summed E-state index contributed by atoms with van der Waals surface area (Å²) in [5, 5.41) is 6.30. The Morgan fingerprint density at radius 3 is 2.46 bits per heavy atom. The lowest BCUT2D eigenvalue weighted by Gasteiger charge is -2.44. The summed E-state index contributed by atoms with van der Waals surface area (Å²) in [5.74, 6) is -0.509. The molecule has 0 bridgehead atoms. The highest BCUT2D eigenvalue weighted by Gasteiger charge is 2.57. The lowest BCUT2D eigenvalue weighted by Crippen LogP contribution is -2.61. The second kappa shape index (κ2) is 5.94. The summed E-state index contributed by atoms with van der Waals surface area (Å²) in [6.07, 6.45) is 0. The van der Waals surface area contributed by atoms with Gasteiger partial charge >= 0.3 is 0 Å². The van der Waals surface area contributed by atoms with Crippen molar-refractivity contribution in [1.82, 2.24) is 0 Å². The molecule has 138 valence electrons. The zero-order valence-electron chi connectivity index (χ0n) is 15.0. The van der Waals surface area contributed by atoms with Crippen LogP contribution in [-0.4, -0.2) is 11.8 Å². The number of nitrogens with one attached hydrogen (secondary N) is 2. The Morgan fingerprint density at radius 2 is 1.68 bits per heavy atom. The van der Waals surface area contributed by atoms with Crippen molar-refractivity contribution in [3.05, 3.63) is 87.9 Å². The topological polar surface area (TPSA) is 61.4 Å². The average molecular weight is 434 g/mol. The molecule has 5 rings (SSSR count). The van der Waals surface area contributed by atoms with Crippen molar-refractivity contribution in [3.8, 4) is 0 Å². The van der Waals surface area contributed by atoms with E-state index in [1.54, 1.807) is 11.0 Å². The first-order valence-electron chi connectivity index (χ1n) is 8.90. The van der Waals surface area contributed by atoms with E-state index in [1.165, 1.54) is 0 Å². The van der Waals surface area contributed by atoms with E-state index in [0.29, 0.717) is 28.2 Å². The van der Waals surface area contributed by atoms with Crippen LogP contribution in [0, 0.1) is 6.92 Å². The minimum atomic E-state index is -1.36. The number of rotatable bonds is 1. The number of hydrogen-bond acceptors (Lipinski definition) is 3. The standard InChI is InChI=1S/C22H16BrN3O2/c1-13-6-9-15(10-7-13)26-20(27)16-4-2-3-5-18(16)25-22(26)17-12-14(23)8-11-19(17)24-21(22)28/h2-12,25H,1H3,(H,24,28)/t22-/m0/s1. The Labute approximate surface area is 170 Å². The third-order valence-corrected chi connectivity index (χ3v) is 5.75. The molecule has 3 aromatic rings. The Bertz CT molecular complexity index is 1140. The van der Waals surface area contributed by atoms with Gasteiger partial charge in [-0.15, -0.1) is 0 Å². The lowest BCUT2D eigenvalue weighted by atomic mass is 9.92. The number of para-hydroxylation sites is 1. The van der Waals surface area contributed by atoms with Gasteiger partial charge in [-0.2, -0.15) is 0 Å². The molecule has 1 spiro atoms. The first-order valence-corrected chi connectivity index (χ1v) is 9.70. The molecule has 0 aliphatic carbocycles. The molecular weight excluding hydrogens is 418 g/mol. The number of nitrogens with zero attached hydrogens (tertiary/aromatic N) is 1. The molecule has 0 unspecified atom stereocenters. The minimum Gasteiger partial charge on any atom is -0.350 e. The van der Waals surface area contributed by atoms with Crippen LogP contribution in [-0.2, 0) is 10.5 Å². The Kier molecular flexibility index (Phi) is 3.61. The summed E-state index contributed by atoms with van der Waals surface area (Å²) in [6, 6.07) is 20.5. The van der Waals surface area contributed by atoms with Gasteiger partial charge in [-0.3, -0.25) is 14.5 Å². The van der Waals surface area contributed by atoms with E-state index in [0.717, 1.165) is 10.0 Å². The zero-order chi connectivity index (χ0) is 19.5. The number of halogens is 1. The zero-order valence-corrected chi connectivity index (χ0v) is 16.6. The van der Waals surface area contributed by atoms with Gasteiger partial charge in [0.2, 0.25) is 5.66 Å². The van der Waals surface area contributed by atoms with Crippen LogP contribution in [0.4, 0.5) is 17.1 Å². The fraction of sp³-hybridized carbons (Fsp3) is 0.0909. The van der Waals surface area contributed by atoms with Crippen LogP contribution in [0.15, 0.2) is 71.2 Å². The first-order chi connectivity index (χ1) is 13.5. The van der Waals surface area contributed by atoms with E-state index in [1.807, 2.05) is 67.6 Å². The maximum Gasteiger partial charge on any atom is 0.276 e. The molecule has 0 saturated carbocycles. The van der Waals surface area contributed by atoms with E-state index < -0.39 is 5.66 Å². The Morgan fingerprint density at radius 1 is 0.929 bits per heavy atom. The van der Waals surface area contributed by atoms with Crippen molar-refractivity contribution in [1.29, 1.82) is 0 Å². The largest absolute Gasteiger partial charge is 0.350 e. The van der Waals surface area contributed by atoms with Crippen molar-refractivity contribution in [2.24, 2.45) is 0 Å². The van der Waals surface area contributed by atoms with Gasteiger partial charge in [0.25, 0.3) is 11.8 Å². The van der Waals surface area contributed by atoms with E-state index >= 15 is 0 Å². The quantitative estimate of drug-likeness (QED) is 0.587. The second-order valence-corrected chi connectivity index (χ2v) is 7.92. The number of anilines is 3. The number of benzene rings is 3. The summed E-state index contributed by atoms with van der Waals surface area (Å²) in [5.41, 5.74) is 2.93. The van der Waals surface area contributed by atoms with Crippen LogP contribution in [0.1, 0.15) is 21.5 Å². The normalized spacial score (nSPS) is 19.9. The van der Waals surface area contributed by atoms with Gasteiger partial charge in [0.15, 0.2) is 0 Å². The van der Waals surface area contributed by atoms with Gasteiger partial charge < -0.3 is 10.6 Å². The minimum absolute atomic E-state index is 0.221. The van der Waals surface area contributed by atoms with Crippen molar-refractivity contribution in [2.45, 2.75) is 12.6 Å². The maximum absolute atomic E-state index is 13.6. The Balaban J connectivity index is 1.82. The summed E-state index contributed by atoms with van der Waals surface area (Å²) in [6.45, 7) is 1.99. The molecule has 5 nitrogen and oxygen atoms in total. The monoisotopic (exact) mass is 433 g/mol. The van der Waals surface area contributed by atoms with Gasteiger partial charge in [0.1, 0.15) is 0 Å². The van der Waals surface area contributed by atoms with Crippen molar-refractivity contribution in [2.75, 3.05) is 15.5 Å². The molecule has 0 fully saturated rings. The van der Waals surface area contributed by atoms with Crippen molar-refractivity contribution < 1.29 is 9.59 Å². The molecule has 0 radical (unpaired) electrons. The third kappa shape index (κ3) is 2.24. The van der Waals surface area contributed by atoms with E-state index in [-0.39, 0.29) is 11.8 Å². The smallest absolute Gasteiger partial charge is 0.276 e. The molecule has 2 aliphatic rings. The molecule has 2 heterocycles. The SMILES string of the molecule is Cc1ccc(N2C(=O)c3ccccc3N[C@]23C(=O)Nc2ccc(Br)cc23)cc1. The average Bonchev–Trinajstić information content (AvgIpc) is 2.95. The van der Waals surface area contributed by atoms with E-state index in [4.69, 9.17) is 0 Å². The van der Waals surface area contributed by atoms with Crippen LogP contribution >= 0.6 is 15.9 Å². The number of carbonyl (C=O) groups excluding carboxylic acids is 2. The fourth-order valence-corrected chi connectivity index (χ4v) is 4.27. The van der Waals surface area contributed by atoms with Gasteiger partial charge in [-0.1, -0.05) is 45.8 Å². The predicted octanol–water partition coefficient (Wildman–Crippen LogP) is 4.63. The summed E-state index contributed by atoms with van der Waals surface area (Å²) in [7, 11) is 0. The highest BCUT2D eigenvalue weighted by atomic mass is 79.9. The van der Waals surface area contributed by atoms with Crippen LogP contribution < -0.4 is 15.5 Å². The number of hydrogen-bond donors (Lipinski definition) is 2. The lowest BCUT2D eigenvalue weighted by molar-refractivity contribution is -0.119. The molecule has 2 amide bonds. The summed E-state index contributed by atoms with van der Waals surface area (Å²) < 4.78 is 0.832. The molecule has 1 atom stereocenters.